The minimum atomic E-state index is 0.245. The molecule has 7 nitrogen and oxygen atoms in total. The molecule has 0 spiro atoms. The predicted molar refractivity (Wildman–Crippen MR) is 109 cm³/mol. The summed E-state index contributed by atoms with van der Waals surface area (Å²) in [5, 5.41) is 0. The van der Waals surface area contributed by atoms with Gasteiger partial charge in [-0.05, 0) is 21.0 Å². The summed E-state index contributed by atoms with van der Waals surface area (Å²) >= 11 is 2.40. The number of nitrogens with zero attached hydrogens (tertiary/aromatic N) is 3. The quantitative estimate of drug-likeness (QED) is 0.411. The van der Waals surface area contributed by atoms with E-state index in [1.807, 2.05) is 0 Å². The van der Waals surface area contributed by atoms with E-state index in [1.54, 1.807) is 0 Å². The maximum Gasteiger partial charge on any atom is 0.0739 e. The van der Waals surface area contributed by atoms with Gasteiger partial charge in [-0.25, -0.2) is 3.11 Å². The van der Waals surface area contributed by atoms with Crippen LogP contribution in [0, 0.1) is 0 Å². The first-order valence-corrected chi connectivity index (χ1v) is 10.7. The van der Waals surface area contributed by atoms with Crippen LogP contribution in [-0.4, -0.2) is 117 Å². The molecule has 3 fully saturated rings. The Morgan fingerprint density at radius 1 is 1.00 bits per heavy atom. The molecule has 5 atom stereocenters. The van der Waals surface area contributed by atoms with Crippen molar-refractivity contribution in [1.82, 2.24) is 12.9 Å². The third-order valence-electron chi connectivity index (χ3n) is 5.59. The van der Waals surface area contributed by atoms with Crippen molar-refractivity contribution in [2.24, 2.45) is 0 Å². The van der Waals surface area contributed by atoms with E-state index in [1.165, 1.54) is 0 Å². The van der Waals surface area contributed by atoms with E-state index in [4.69, 9.17) is 18.9 Å². The zero-order chi connectivity index (χ0) is 18.5. The van der Waals surface area contributed by atoms with Gasteiger partial charge >= 0.3 is 0 Å². The van der Waals surface area contributed by atoms with Crippen molar-refractivity contribution in [1.29, 1.82) is 0 Å². The third kappa shape index (κ3) is 6.23. The molecule has 0 aliphatic carbocycles. The average molecular weight is 483 g/mol. The van der Waals surface area contributed by atoms with Crippen molar-refractivity contribution in [2.75, 3.05) is 73.3 Å². The van der Waals surface area contributed by atoms with Gasteiger partial charge in [0.1, 0.15) is 0 Å². The maximum atomic E-state index is 6.14. The van der Waals surface area contributed by atoms with Crippen LogP contribution < -0.4 is 0 Å². The Kier molecular flexibility index (Phi) is 8.38. The zero-order valence-corrected chi connectivity index (χ0v) is 18.5. The van der Waals surface area contributed by atoms with Crippen molar-refractivity contribution < 1.29 is 18.9 Å². The van der Waals surface area contributed by atoms with Gasteiger partial charge in [-0.3, -0.25) is 9.80 Å². The Bertz CT molecular complexity index is 423. The van der Waals surface area contributed by atoms with Gasteiger partial charge in [-0.2, -0.15) is 0 Å². The summed E-state index contributed by atoms with van der Waals surface area (Å²) in [5.74, 6) is 0. The van der Waals surface area contributed by atoms with Gasteiger partial charge < -0.3 is 18.9 Å². The summed E-state index contributed by atoms with van der Waals surface area (Å²) in [6.45, 7) is 9.82. The SMILES string of the molecule is C[C@@H]1CN(I)CC(C[C@H]2CN(C)C(COC[C@@H]3COCCN3C)CO2)O1. The highest BCUT2D eigenvalue weighted by Crippen LogP contribution is 2.21. The third-order valence-corrected chi connectivity index (χ3v) is 6.38. The molecule has 2 unspecified atom stereocenters. The first-order valence-electron chi connectivity index (χ1n) is 9.75. The molecule has 3 aliphatic rings. The van der Waals surface area contributed by atoms with E-state index >= 15 is 0 Å². The zero-order valence-electron chi connectivity index (χ0n) is 16.3. The molecule has 152 valence electrons. The molecular formula is C18H34IN3O4. The van der Waals surface area contributed by atoms with Gasteiger partial charge in [0.05, 0.1) is 63.4 Å². The number of rotatable bonds is 6. The summed E-state index contributed by atoms with van der Waals surface area (Å²) in [6, 6.07) is 0.696. The molecule has 8 heteroatoms. The Balaban J connectivity index is 1.35. The van der Waals surface area contributed by atoms with Gasteiger partial charge in [0.25, 0.3) is 0 Å². The fourth-order valence-corrected chi connectivity index (χ4v) is 4.87. The average Bonchev–Trinajstić information content (AvgIpc) is 2.57. The Hall–Kier alpha value is 0.450. The Labute approximate surface area is 171 Å². The molecule has 0 aromatic heterocycles. The lowest BCUT2D eigenvalue weighted by Crippen LogP contribution is -2.52. The van der Waals surface area contributed by atoms with Crippen LogP contribution in [-0.2, 0) is 18.9 Å². The molecule has 3 saturated heterocycles. The van der Waals surface area contributed by atoms with E-state index in [0.717, 1.165) is 59.0 Å². The maximum absolute atomic E-state index is 6.14. The lowest BCUT2D eigenvalue weighted by atomic mass is 10.1. The first kappa shape index (κ1) is 21.2. The number of ether oxygens (including phenoxy) is 4. The molecule has 0 saturated carbocycles. The molecule has 0 N–H and O–H groups in total. The lowest BCUT2D eigenvalue weighted by Gasteiger charge is -2.40. The standard InChI is InChI=1S/C18H34IN3O4/c1-14-7-22(19)9-18(26-14)6-17-8-21(3)16(13-25-17)12-24-11-15-10-23-5-4-20(15)2/h14-18H,4-13H2,1-3H3/t14-,15+,16?,17+,18?/m1/s1. The molecule has 3 aliphatic heterocycles. The van der Waals surface area contributed by atoms with Gasteiger partial charge in [0.2, 0.25) is 0 Å². The van der Waals surface area contributed by atoms with Crippen LogP contribution in [0.2, 0.25) is 0 Å². The van der Waals surface area contributed by atoms with E-state index in [0.29, 0.717) is 24.8 Å². The summed E-state index contributed by atoms with van der Waals surface area (Å²) in [6.07, 6.45) is 1.78. The summed E-state index contributed by atoms with van der Waals surface area (Å²) in [5.41, 5.74) is 0. The monoisotopic (exact) mass is 483 g/mol. The van der Waals surface area contributed by atoms with Crippen molar-refractivity contribution in [3.05, 3.63) is 0 Å². The van der Waals surface area contributed by atoms with Crippen molar-refractivity contribution in [3.8, 4) is 0 Å². The van der Waals surface area contributed by atoms with Gasteiger partial charge in [-0.15, -0.1) is 0 Å². The van der Waals surface area contributed by atoms with E-state index in [9.17, 15) is 0 Å². The van der Waals surface area contributed by atoms with Crippen LogP contribution in [0.3, 0.4) is 0 Å². The molecular weight excluding hydrogens is 449 g/mol. The lowest BCUT2D eigenvalue weighted by molar-refractivity contribution is -0.117. The van der Waals surface area contributed by atoms with Crippen LogP contribution >= 0.6 is 22.9 Å². The van der Waals surface area contributed by atoms with Crippen molar-refractivity contribution in [3.63, 3.8) is 0 Å². The fourth-order valence-electron chi connectivity index (χ4n) is 3.88. The van der Waals surface area contributed by atoms with Crippen LogP contribution in [0.1, 0.15) is 13.3 Å². The second-order valence-corrected chi connectivity index (χ2v) is 9.29. The molecule has 0 bridgehead atoms. The number of hydrogen-bond acceptors (Lipinski definition) is 7. The number of hydrogen-bond donors (Lipinski definition) is 0. The van der Waals surface area contributed by atoms with Crippen molar-refractivity contribution in [2.45, 2.75) is 43.7 Å². The van der Waals surface area contributed by atoms with Gasteiger partial charge in [-0.1, -0.05) is 0 Å². The number of morpholine rings is 3. The minimum Gasteiger partial charge on any atom is -0.378 e. The van der Waals surface area contributed by atoms with Crippen LogP contribution in [0.15, 0.2) is 0 Å². The van der Waals surface area contributed by atoms with E-state index in [2.05, 4.69) is 56.8 Å². The molecule has 0 amide bonds. The minimum absolute atomic E-state index is 0.245. The Morgan fingerprint density at radius 3 is 2.46 bits per heavy atom. The first-order chi connectivity index (χ1) is 12.5. The summed E-state index contributed by atoms with van der Waals surface area (Å²) < 4.78 is 26.1. The summed E-state index contributed by atoms with van der Waals surface area (Å²) in [4.78, 5) is 4.70. The van der Waals surface area contributed by atoms with E-state index < -0.39 is 0 Å². The molecule has 0 aromatic carbocycles. The highest BCUT2D eigenvalue weighted by atomic mass is 127. The fraction of sp³-hybridized carbons (Fsp3) is 1.00. The van der Waals surface area contributed by atoms with Crippen LogP contribution in [0.5, 0.6) is 0 Å². The highest BCUT2D eigenvalue weighted by Gasteiger charge is 2.32. The van der Waals surface area contributed by atoms with Crippen LogP contribution in [0.25, 0.3) is 0 Å². The highest BCUT2D eigenvalue weighted by molar-refractivity contribution is 14.1. The molecule has 26 heavy (non-hydrogen) atoms. The summed E-state index contributed by atoms with van der Waals surface area (Å²) in [7, 11) is 4.32. The second kappa shape index (κ2) is 10.3. The molecule has 0 radical (unpaired) electrons. The predicted octanol–water partition coefficient (Wildman–Crippen LogP) is 0.862. The van der Waals surface area contributed by atoms with Gasteiger partial charge in [0.15, 0.2) is 0 Å². The largest absolute Gasteiger partial charge is 0.378 e. The van der Waals surface area contributed by atoms with Gasteiger partial charge in [0, 0.05) is 55.5 Å². The molecule has 3 heterocycles. The normalized spacial score (nSPS) is 38.5. The molecule has 3 rings (SSSR count). The molecule has 0 aromatic rings. The Morgan fingerprint density at radius 2 is 1.77 bits per heavy atom. The van der Waals surface area contributed by atoms with Crippen LogP contribution in [0.4, 0.5) is 0 Å². The van der Waals surface area contributed by atoms with Crippen molar-refractivity contribution >= 4 is 22.9 Å². The smallest absolute Gasteiger partial charge is 0.0739 e. The topological polar surface area (TPSA) is 46.6 Å². The number of likely N-dealkylation sites (N-methyl/N-ethyl adjacent to an activating group) is 2. The van der Waals surface area contributed by atoms with E-state index in [-0.39, 0.29) is 12.2 Å². The second-order valence-electron chi connectivity index (χ2n) is 7.93. The number of halogens is 1.